The van der Waals surface area contributed by atoms with Crippen molar-refractivity contribution in [2.24, 2.45) is 10.9 Å². The second-order valence-corrected chi connectivity index (χ2v) is 7.68. The second kappa shape index (κ2) is 11.9. The van der Waals surface area contributed by atoms with Crippen LogP contribution in [0.4, 0.5) is 0 Å². The maximum atomic E-state index is 5.69. The van der Waals surface area contributed by atoms with Gasteiger partial charge in [-0.1, -0.05) is 6.92 Å². The number of furan rings is 1. The highest BCUT2D eigenvalue weighted by molar-refractivity contribution is 14.0. The van der Waals surface area contributed by atoms with E-state index in [2.05, 4.69) is 38.4 Å². The fourth-order valence-corrected chi connectivity index (χ4v) is 3.98. The van der Waals surface area contributed by atoms with Crippen molar-refractivity contribution in [3.05, 3.63) is 24.2 Å². The summed E-state index contributed by atoms with van der Waals surface area (Å²) in [4.78, 5) is 9.45. The first-order chi connectivity index (χ1) is 12.8. The van der Waals surface area contributed by atoms with Crippen LogP contribution in [0.15, 0.2) is 27.8 Å². The van der Waals surface area contributed by atoms with Gasteiger partial charge in [-0.05, 0) is 69.9 Å². The number of rotatable bonds is 7. The van der Waals surface area contributed by atoms with Gasteiger partial charge in [0.1, 0.15) is 5.76 Å². The molecule has 1 atom stereocenters. The average Bonchev–Trinajstić information content (AvgIpc) is 3.36. The number of nitrogens with zero attached hydrogens (tertiary/aromatic N) is 3. The molecule has 3 heterocycles. The molecule has 2 N–H and O–H groups in total. The van der Waals surface area contributed by atoms with Crippen molar-refractivity contribution < 1.29 is 4.42 Å². The van der Waals surface area contributed by atoms with Crippen molar-refractivity contribution in [3.8, 4) is 0 Å². The van der Waals surface area contributed by atoms with E-state index in [1.165, 1.54) is 38.8 Å². The van der Waals surface area contributed by atoms with Crippen LogP contribution in [-0.4, -0.2) is 68.6 Å². The monoisotopic (exact) mass is 489 g/mol. The van der Waals surface area contributed by atoms with Gasteiger partial charge in [0.25, 0.3) is 0 Å². The van der Waals surface area contributed by atoms with E-state index in [0.29, 0.717) is 0 Å². The van der Waals surface area contributed by atoms with Gasteiger partial charge < -0.3 is 20.0 Å². The van der Waals surface area contributed by atoms with E-state index in [-0.39, 0.29) is 30.0 Å². The molecule has 0 radical (unpaired) electrons. The standard InChI is InChI=1S/C20H35N5O.HI/c1-17-7-12-24(13-8-17)14-9-22-20(21-2)23-16-18(19-6-5-15-26-19)25-10-3-4-11-25;/h5-6,15,17-18H,3-4,7-14,16H2,1-2H3,(H2,21,22,23);1H. The van der Waals surface area contributed by atoms with E-state index < -0.39 is 0 Å². The highest BCUT2D eigenvalue weighted by Crippen LogP contribution is 2.24. The smallest absolute Gasteiger partial charge is 0.191 e. The third kappa shape index (κ3) is 6.94. The predicted molar refractivity (Wildman–Crippen MR) is 122 cm³/mol. The molecular weight excluding hydrogens is 453 g/mol. The van der Waals surface area contributed by atoms with Crippen LogP contribution in [0.5, 0.6) is 0 Å². The van der Waals surface area contributed by atoms with Gasteiger partial charge in [0.05, 0.1) is 12.3 Å². The molecule has 7 heteroatoms. The van der Waals surface area contributed by atoms with Crippen molar-refractivity contribution in [1.82, 2.24) is 20.4 Å². The minimum absolute atomic E-state index is 0. The molecule has 0 bridgehead atoms. The van der Waals surface area contributed by atoms with Crippen LogP contribution in [0.1, 0.15) is 44.4 Å². The molecule has 6 nitrogen and oxygen atoms in total. The number of halogens is 1. The van der Waals surface area contributed by atoms with Crippen LogP contribution in [0.25, 0.3) is 0 Å². The maximum absolute atomic E-state index is 5.69. The molecule has 0 saturated carbocycles. The average molecular weight is 489 g/mol. The minimum Gasteiger partial charge on any atom is -0.468 e. The zero-order valence-electron chi connectivity index (χ0n) is 16.8. The Hall–Kier alpha value is -0.800. The summed E-state index contributed by atoms with van der Waals surface area (Å²) in [7, 11) is 1.84. The van der Waals surface area contributed by atoms with E-state index >= 15 is 0 Å². The molecule has 27 heavy (non-hydrogen) atoms. The number of piperidine rings is 1. The summed E-state index contributed by atoms with van der Waals surface area (Å²) in [6.07, 6.45) is 6.98. The summed E-state index contributed by atoms with van der Waals surface area (Å²) in [6, 6.07) is 4.33. The molecule has 0 aliphatic carbocycles. The van der Waals surface area contributed by atoms with Gasteiger partial charge in [0, 0.05) is 26.7 Å². The van der Waals surface area contributed by atoms with Gasteiger partial charge >= 0.3 is 0 Å². The van der Waals surface area contributed by atoms with E-state index in [9.17, 15) is 0 Å². The molecule has 2 aliphatic rings. The zero-order valence-corrected chi connectivity index (χ0v) is 19.2. The van der Waals surface area contributed by atoms with Crippen molar-refractivity contribution in [1.29, 1.82) is 0 Å². The van der Waals surface area contributed by atoms with E-state index in [0.717, 1.165) is 50.4 Å². The Kier molecular flexibility index (Phi) is 9.92. The lowest BCUT2D eigenvalue weighted by Crippen LogP contribution is -2.45. The van der Waals surface area contributed by atoms with Crippen LogP contribution in [-0.2, 0) is 0 Å². The Morgan fingerprint density at radius 3 is 2.59 bits per heavy atom. The first-order valence-electron chi connectivity index (χ1n) is 10.2. The number of likely N-dealkylation sites (tertiary alicyclic amines) is 2. The molecule has 2 fully saturated rings. The normalized spacial score (nSPS) is 21.0. The molecule has 1 aromatic rings. The van der Waals surface area contributed by atoms with Gasteiger partial charge in [-0.15, -0.1) is 24.0 Å². The third-order valence-corrected chi connectivity index (χ3v) is 5.74. The lowest BCUT2D eigenvalue weighted by molar-refractivity contribution is 0.195. The molecule has 0 aromatic carbocycles. The Balaban J connectivity index is 0.00000261. The lowest BCUT2D eigenvalue weighted by Gasteiger charge is -2.30. The minimum atomic E-state index is 0. The van der Waals surface area contributed by atoms with Crippen molar-refractivity contribution >= 4 is 29.9 Å². The van der Waals surface area contributed by atoms with Crippen LogP contribution in [0, 0.1) is 5.92 Å². The van der Waals surface area contributed by atoms with Gasteiger partial charge in [0.2, 0.25) is 0 Å². The number of nitrogens with one attached hydrogen (secondary N) is 2. The number of hydrogen-bond acceptors (Lipinski definition) is 4. The highest BCUT2D eigenvalue weighted by atomic mass is 127. The van der Waals surface area contributed by atoms with Crippen LogP contribution in [0.3, 0.4) is 0 Å². The van der Waals surface area contributed by atoms with Crippen LogP contribution in [0.2, 0.25) is 0 Å². The lowest BCUT2D eigenvalue weighted by atomic mass is 9.99. The molecule has 2 aliphatic heterocycles. The Bertz CT molecular complexity index is 537. The maximum Gasteiger partial charge on any atom is 0.191 e. The zero-order chi connectivity index (χ0) is 18.2. The first-order valence-corrected chi connectivity index (χ1v) is 10.2. The Labute approximate surface area is 181 Å². The van der Waals surface area contributed by atoms with Gasteiger partial charge in [-0.3, -0.25) is 9.89 Å². The SMILES string of the molecule is CN=C(NCCN1CCC(C)CC1)NCC(c1ccco1)N1CCCC1.I. The molecule has 3 rings (SSSR count). The summed E-state index contributed by atoms with van der Waals surface area (Å²) in [5.41, 5.74) is 0. The summed E-state index contributed by atoms with van der Waals surface area (Å²) < 4.78 is 5.69. The van der Waals surface area contributed by atoms with Crippen molar-refractivity contribution in [3.63, 3.8) is 0 Å². The Morgan fingerprint density at radius 2 is 1.96 bits per heavy atom. The molecule has 0 spiro atoms. The molecule has 2 saturated heterocycles. The van der Waals surface area contributed by atoms with Gasteiger partial charge in [-0.2, -0.15) is 0 Å². The molecule has 1 unspecified atom stereocenters. The van der Waals surface area contributed by atoms with E-state index in [1.807, 2.05) is 13.1 Å². The van der Waals surface area contributed by atoms with Crippen molar-refractivity contribution in [2.45, 2.75) is 38.6 Å². The van der Waals surface area contributed by atoms with Crippen LogP contribution >= 0.6 is 24.0 Å². The van der Waals surface area contributed by atoms with E-state index in [1.54, 1.807) is 6.26 Å². The topological polar surface area (TPSA) is 56.0 Å². The number of aliphatic imine (C=N–C) groups is 1. The summed E-state index contributed by atoms with van der Waals surface area (Å²) in [6.45, 7) is 9.93. The van der Waals surface area contributed by atoms with Gasteiger partial charge in [0.15, 0.2) is 5.96 Å². The molecule has 0 amide bonds. The first kappa shape index (κ1) is 22.5. The highest BCUT2D eigenvalue weighted by Gasteiger charge is 2.25. The largest absolute Gasteiger partial charge is 0.468 e. The summed E-state index contributed by atoms with van der Waals surface area (Å²) in [5, 5.41) is 6.97. The quantitative estimate of drug-likeness (QED) is 0.351. The van der Waals surface area contributed by atoms with E-state index in [4.69, 9.17) is 4.42 Å². The molecular formula is C20H36IN5O. The van der Waals surface area contributed by atoms with Crippen molar-refractivity contribution in [2.75, 3.05) is 52.9 Å². The summed E-state index contributed by atoms with van der Waals surface area (Å²) in [5.74, 6) is 2.81. The fourth-order valence-electron chi connectivity index (χ4n) is 3.98. The number of hydrogen-bond donors (Lipinski definition) is 2. The molecule has 154 valence electrons. The number of guanidine groups is 1. The van der Waals surface area contributed by atoms with Crippen LogP contribution < -0.4 is 10.6 Å². The summed E-state index contributed by atoms with van der Waals surface area (Å²) >= 11 is 0. The Morgan fingerprint density at radius 1 is 1.22 bits per heavy atom. The third-order valence-electron chi connectivity index (χ3n) is 5.74. The van der Waals surface area contributed by atoms with Gasteiger partial charge in [-0.25, -0.2) is 0 Å². The fraction of sp³-hybridized carbons (Fsp3) is 0.750. The predicted octanol–water partition coefficient (Wildman–Crippen LogP) is 2.93. The second-order valence-electron chi connectivity index (χ2n) is 7.68. The molecule has 1 aromatic heterocycles.